The molecule has 1 saturated heterocycles. The lowest BCUT2D eigenvalue weighted by atomic mass is 9.69. The van der Waals surface area contributed by atoms with Crippen LogP contribution in [-0.2, 0) is 4.74 Å². The van der Waals surface area contributed by atoms with Gasteiger partial charge in [-0.1, -0.05) is 41.0 Å². The van der Waals surface area contributed by atoms with Gasteiger partial charge in [-0.3, -0.25) is 0 Å². The first-order chi connectivity index (χ1) is 6.21. The van der Waals surface area contributed by atoms with Gasteiger partial charge in [-0.05, 0) is 24.2 Å². The average molecular weight is 186 g/mol. The van der Waals surface area contributed by atoms with Crippen molar-refractivity contribution in [3.05, 3.63) is 0 Å². The Kier molecular flexibility index (Phi) is 6.40. The Bertz CT molecular complexity index is 112. The van der Waals surface area contributed by atoms with Crippen LogP contribution in [0.25, 0.3) is 0 Å². The third-order valence-corrected chi connectivity index (χ3v) is 3.42. The minimum atomic E-state index is 0.595. The summed E-state index contributed by atoms with van der Waals surface area (Å²) in [6.07, 6.45) is 3.84. The highest BCUT2D eigenvalue weighted by Gasteiger charge is 2.33. The molecule has 1 aliphatic rings. The van der Waals surface area contributed by atoms with Crippen LogP contribution in [0.1, 0.15) is 53.9 Å². The molecular weight excluding hydrogens is 160 g/mol. The predicted octanol–water partition coefficient (Wildman–Crippen LogP) is 3.88. The maximum atomic E-state index is 5.38. The van der Waals surface area contributed by atoms with E-state index in [4.69, 9.17) is 4.74 Å². The summed E-state index contributed by atoms with van der Waals surface area (Å²) in [5, 5.41) is 0. The van der Waals surface area contributed by atoms with Crippen molar-refractivity contribution in [3.63, 3.8) is 0 Å². The van der Waals surface area contributed by atoms with E-state index >= 15 is 0 Å². The van der Waals surface area contributed by atoms with Crippen LogP contribution in [0.4, 0.5) is 0 Å². The van der Waals surface area contributed by atoms with E-state index in [1.54, 1.807) is 0 Å². The van der Waals surface area contributed by atoms with Gasteiger partial charge in [0, 0.05) is 13.2 Å². The molecule has 1 nitrogen and oxygen atoms in total. The number of hydrogen-bond donors (Lipinski definition) is 0. The van der Waals surface area contributed by atoms with Gasteiger partial charge in [0.15, 0.2) is 0 Å². The molecule has 0 aliphatic carbocycles. The second kappa shape index (κ2) is 6.42. The van der Waals surface area contributed by atoms with E-state index in [9.17, 15) is 0 Å². The van der Waals surface area contributed by atoms with Crippen molar-refractivity contribution in [2.45, 2.75) is 53.9 Å². The fourth-order valence-corrected chi connectivity index (χ4v) is 2.12. The Labute approximate surface area is 83.9 Å². The van der Waals surface area contributed by atoms with Crippen molar-refractivity contribution in [3.8, 4) is 0 Å². The van der Waals surface area contributed by atoms with Gasteiger partial charge >= 0.3 is 0 Å². The van der Waals surface area contributed by atoms with Gasteiger partial charge in [0.25, 0.3) is 0 Å². The van der Waals surface area contributed by atoms with Gasteiger partial charge in [-0.15, -0.1) is 0 Å². The van der Waals surface area contributed by atoms with Gasteiger partial charge < -0.3 is 4.74 Å². The van der Waals surface area contributed by atoms with Gasteiger partial charge in [0.1, 0.15) is 0 Å². The van der Waals surface area contributed by atoms with Gasteiger partial charge in [-0.2, -0.15) is 0 Å². The largest absolute Gasteiger partial charge is 0.381 e. The van der Waals surface area contributed by atoms with Crippen molar-refractivity contribution in [2.24, 2.45) is 11.3 Å². The lowest BCUT2D eigenvalue weighted by Gasteiger charge is -2.40. The molecular formula is C12H26O. The van der Waals surface area contributed by atoms with Gasteiger partial charge in [0.2, 0.25) is 0 Å². The lowest BCUT2D eigenvalue weighted by molar-refractivity contribution is -0.0126. The van der Waals surface area contributed by atoms with Crippen LogP contribution in [0.15, 0.2) is 0 Å². The summed E-state index contributed by atoms with van der Waals surface area (Å²) in [4.78, 5) is 0. The zero-order chi connectivity index (χ0) is 10.3. The monoisotopic (exact) mass is 186 g/mol. The summed E-state index contributed by atoms with van der Waals surface area (Å²) in [6.45, 7) is 13.0. The minimum Gasteiger partial charge on any atom is -0.381 e. The zero-order valence-electron chi connectivity index (χ0n) is 10.0. The molecule has 80 valence electrons. The van der Waals surface area contributed by atoms with E-state index < -0.39 is 0 Å². The molecule has 0 N–H and O–H groups in total. The molecule has 0 radical (unpaired) electrons. The van der Waals surface area contributed by atoms with Crippen LogP contribution in [-0.4, -0.2) is 13.2 Å². The topological polar surface area (TPSA) is 9.23 Å². The van der Waals surface area contributed by atoms with Crippen molar-refractivity contribution in [1.29, 1.82) is 0 Å². The second-order valence-corrected chi connectivity index (χ2v) is 3.98. The summed E-state index contributed by atoms with van der Waals surface area (Å²) in [5.74, 6) is 0.816. The molecule has 0 aromatic carbocycles. The third kappa shape index (κ3) is 3.30. The molecule has 1 fully saturated rings. The summed E-state index contributed by atoms with van der Waals surface area (Å²) in [6, 6.07) is 0. The van der Waals surface area contributed by atoms with Crippen molar-refractivity contribution in [1.82, 2.24) is 0 Å². The molecule has 1 heteroatoms. The van der Waals surface area contributed by atoms with E-state index in [1.165, 1.54) is 19.3 Å². The quantitative estimate of drug-likeness (QED) is 0.636. The Morgan fingerprint density at radius 3 is 1.85 bits per heavy atom. The van der Waals surface area contributed by atoms with Gasteiger partial charge in [-0.25, -0.2) is 0 Å². The molecule has 1 rings (SSSR count). The second-order valence-electron chi connectivity index (χ2n) is 3.98. The average Bonchev–Trinajstić information content (AvgIpc) is 2.21. The van der Waals surface area contributed by atoms with Crippen molar-refractivity contribution in [2.75, 3.05) is 13.2 Å². The van der Waals surface area contributed by atoms with Gasteiger partial charge in [0.05, 0.1) is 0 Å². The van der Waals surface area contributed by atoms with Crippen molar-refractivity contribution < 1.29 is 4.74 Å². The van der Waals surface area contributed by atoms with Crippen LogP contribution in [0, 0.1) is 11.3 Å². The van der Waals surface area contributed by atoms with E-state index in [0.717, 1.165) is 19.1 Å². The molecule has 1 heterocycles. The molecule has 0 aromatic heterocycles. The smallest absolute Gasteiger partial charge is 0.0471 e. The number of rotatable bonds is 2. The molecule has 0 saturated carbocycles. The maximum absolute atomic E-state index is 5.38. The fraction of sp³-hybridized carbons (Fsp3) is 1.00. The molecule has 0 aromatic rings. The maximum Gasteiger partial charge on any atom is 0.0471 e. The highest BCUT2D eigenvalue weighted by molar-refractivity contribution is 4.83. The molecule has 0 amide bonds. The Morgan fingerprint density at radius 2 is 1.62 bits per heavy atom. The van der Waals surface area contributed by atoms with Crippen LogP contribution < -0.4 is 0 Å². The normalized spacial score (nSPS) is 20.8. The zero-order valence-corrected chi connectivity index (χ0v) is 10.0. The standard InChI is InChI=1S/C10H20O.C2H6/c1-4-10(9(2)3)5-7-11-8-6-10;1-2/h9H,4-8H2,1-3H3;1-2H3. The Balaban J connectivity index is 0.000000671. The highest BCUT2D eigenvalue weighted by atomic mass is 16.5. The van der Waals surface area contributed by atoms with Crippen molar-refractivity contribution >= 4 is 0 Å². The highest BCUT2D eigenvalue weighted by Crippen LogP contribution is 2.40. The molecule has 0 spiro atoms. The SMILES string of the molecule is CC.CCC1(C(C)C)CCOCC1. The van der Waals surface area contributed by atoms with Crippen LogP contribution in [0.2, 0.25) is 0 Å². The first-order valence-corrected chi connectivity index (χ1v) is 5.79. The number of ether oxygens (including phenoxy) is 1. The summed E-state index contributed by atoms with van der Waals surface area (Å²) in [7, 11) is 0. The van der Waals surface area contributed by atoms with Crippen LogP contribution >= 0.6 is 0 Å². The molecule has 13 heavy (non-hydrogen) atoms. The summed E-state index contributed by atoms with van der Waals surface area (Å²) >= 11 is 0. The molecule has 0 atom stereocenters. The van der Waals surface area contributed by atoms with E-state index in [0.29, 0.717) is 5.41 Å². The molecule has 0 bridgehead atoms. The molecule has 0 unspecified atom stereocenters. The van der Waals surface area contributed by atoms with E-state index in [-0.39, 0.29) is 0 Å². The van der Waals surface area contributed by atoms with Crippen LogP contribution in [0.3, 0.4) is 0 Å². The first kappa shape index (κ1) is 13.0. The van der Waals surface area contributed by atoms with E-state index in [1.807, 2.05) is 13.8 Å². The Hall–Kier alpha value is -0.0400. The fourth-order valence-electron chi connectivity index (χ4n) is 2.12. The Morgan fingerprint density at radius 1 is 1.15 bits per heavy atom. The van der Waals surface area contributed by atoms with Crippen LogP contribution in [0.5, 0.6) is 0 Å². The first-order valence-electron chi connectivity index (χ1n) is 5.79. The summed E-state index contributed by atoms with van der Waals surface area (Å²) < 4.78 is 5.38. The predicted molar refractivity (Wildman–Crippen MR) is 59.0 cm³/mol. The number of hydrogen-bond acceptors (Lipinski definition) is 1. The van der Waals surface area contributed by atoms with E-state index in [2.05, 4.69) is 20.8 Å². The minimum absolute atomic E-state index is 0.595. The molecule has 1 aliphatic heterocycles. The lowest BCUT2D eigenvalue weighted by Crippen LogP contribution is -2.33. The third-order valence-electron chi connectivity index (χ3n) is 3.42. The summed E-state index contributed by atoms with van der Waals surface area (Å²) in [5.41, 5.74) is 0.595.